The number of hydrogen-bond donors (Lipinski definition) is 1. The lowest BCUT2D eigenvalue weighted by molar-refractivity contribution is 0.0985. The van der Waals surface area contributed by atoms with Gasteiger partial charge in [0.2, 0.25) is 0 Å². The number of likely N-dealkylation sites (N-methyl/N-ethyl adjacent to an activating group) is 1. The van der Waals surface area contributed by atoms with Gasteiger partial charge in [0.25, 0.3) is 0 Å². The first-order chi connectivity index (χ1) is 5.13. The van der Waals surface area contributed by atoms with Gasteiger partial charge in [-0.1, -0.05) is 12.7 Å². The van der Waals surface area contributed by atoms with Crippen LogP contribution < -0.4 is 5.48 Å². The summed E-state index contributed by atoms with van der Waals surface area (Å²) in [5.74, 6) is 0.646. The van der Waals surface area contributed by atoms with Crippen LogP contribution >= 0.6 is 0 Å². The van der Waals surface area contributed by atoms with Crippen LogP contribution in [0.15, 0.2) is 25.0 Å². The molecule has 0 fully saturated rings. The van der Waals surface area contributed by atoms with Gasteiger partial charge in [0, 0.05) is 7.05 Å². The van der Waals surface area contributed by atoms with Gasteiger partial charge in [-0.25, -0.2) is 0 Å². The second kappa shape index (κ2) is 4.93. The van der Waals surface area contributed by atoms with E-state index in [0.717, 1.165) is 0 Å². The lowest BCUT2D eigenvalue weighted by Gasteiger charge is -2.21. The third kappa shape index (κ3) is 3.20. The van der Waals surface area contributed by atoms with E-state index in [1.54, 1.807) is 13.1 Å². The van der Waals surface area contributed by atoms with Gasteiger partial charge in [-0.05, 0) is 14.1 Å². The molecule has 0 aromatic rings. The summed E-state index contributed by atoms with van der Waals surface area (Å²) >= 11 is 0. The molecule has 0 unspecified atom stereocenters. The molecule has 0 saturated carbocycles. The van der Waals surface area contributed by atoms with E-state index >= 15 is 0 Å². The van der Waals surface area contributed by atoms with Crippen LogP contribution in [0, 0.1) is 0 Å². The molecule has 0 rings (SSSR count). The fourth-order valence-corrected chi connectivity index (χ4v) is 0.822. The Kier molecular flexibility index (Phi) is 4.57. The van der Waals surface area contributed by atoms with Crippen molar-refractivity contribution in [3.05, 3.63) is 25.0 Å². The summed E-state index contributed by atoms with van der Waals surface area (Å²) in [5, 5.41) is 0. The van der Waals surface area contributed by atoms with Crippen molar-refractivity contribution in [1.82, 2.24) is 10.4 Å². The van der Waals surface area contributed by atoms with Gasteiger partial charge in [0.1, 0.15) is 5.76 Å². The predicted molar refractivity (Wildman–Crippen MR) is 47.0 cm³/mol. The Hall–Kier alpha value is -0.800. The molecule has 0 spiro atoms. The van der Waals surface area contributed by atoms with Crippen molar-refractivity contribution >= 4 is 0 Å². The fourth-order valence-electron chi connectivity index (χ4n) is 0.822. The van der Waals surface area contributed by atoms with Crippen molar-refractivity contribution in [3.8, 4) is 0 Å². The van der Waals surface area contributed by atoms with E-state index in [4.69, 9.17) is 4.84 Å². The molecule has 11 heavy (non-hydrogen) atoms. The van der Waals surface area contributed by atoms with E-state index in [1.165, 1.54) is 0 Å². The number of nitrogens with one attached hydrogen (secondary N) is 1. The average molecular weight is 156 g/mol. The monoisotopic (exact) mass is 156 g/mol. The van der Waals surface area contributed by atoms with Crippen LogP contribution in [-0.4, -0.2) is 32.1 Å². The Labute approximate surface area is 68.3 Å². The molecule has 64 valence electrons. The molecule has 3 heteroatoms. The highest BCUT2D eigenvalue weighted by Gasteiger charge is 2.11. The van der Waals surface area contributed by atoms with E-state index in [2.05, 4.69) is 18.6 Å². The smallest absolute Gasteiger partial charge is 0.138 e. The SMILES string of the molecule is C=C[C@@H](C(=C)ONC)N(C)C. The van der Waals surface area contributed by atoms with Crippen LogP contribution in [-0.2, 0) is 4.84 Å². The summed E-state index contributed by atoms with van der Waals surface area (Å²) in [4.78, 5) is 6.96. The molecule has 0 amide bonds. The Morgan fingerprint density at radius 1 is 1.64 bits per heavy atom. The minimum Gasteiger partial charge on any atom is -0.412 e. The van der Waals surface area contributed by atoms with Crippen LogP contribution in [0.3, 0.4) is 0 Å². The molecule has 0 aliphatic rings. The topological polar surface area (TPSA) is 24.5 Å². The van der Waals surface area contributed by atoms with Gasteiger partial charge in [0.05, 0.1) is 6.04 Å². The van der Waals surface area contributed by atoms with Gasteiger partial charge in [-0.15, -0.1) is 6.58 Å². The Bertz CT molecular complexity index is 143. The van der Waals surface area contributed by atoms with Gasteiger partial charge < -0.3 is 4.84 Å². The standard InChI is InChI=1S/C8H16N2O/c1-6-8(10(4)5)7(2)11-9-3/h6,8-9H,1-2H2,3-5H3/t8-/m0/s1. The molecule has 0 aliphatic carbocycles. The number of hydroxylamine groups is 1. The average Bonchev–Trinajstić information content (AvgIpc) is 1.88. The maximum atomic E-state index is 5.00. The lowest BCUT2D eigenvalue weighted by atomic mass is 10.2. The van der Waals surface area contributed by atoms with Crippen LogP contribution in [0.25, 0.3) is 0 Å². The Morgan fingerprint density at radius 2 is 2.18 bits per heavy atom. The summed E-state index contributed by atoms with van der Waals surface area (Å²) in [7, 11) is 5.58. The maximum absolute atomic E-state index is 5.00. The molecule has 0 radical (unpaired) electrons. The van der Waals surface area contributed by atoms with Gasteiger partial charge in [-0.2, -0.15) is 5.48 Å². The van der Waals surface area contributed by atoms with E-state index in [-0.39, 0.29) is 6.04 Å². The summed E-state index contributed by atoms with van der Waals surface area (Å²) in [6.45, 7) is 7.41. The highest BCUT2D eigenvalue weighted by atomic mass is 16.6. The molecule has 1 N–H and O–H groups in total. The highest BCUT2D eigenvalue weighted by Crippen LogP contribution is 2.05. The van der Waals surface area contributed by atoms with E-state index < -0.39 is 0 Å². The minimum absolute atomic E-state index is 0.0578. The molecule has 0 aromatic carbocycles. The molecule has 0 bridgehead atoms. The first kappa shape index (κ1) is 10.2. The zero-order chi connectivity index (χ0) is 8.85. The van der Waals surface area contributed by atoms with Crippen molar-refractivity contribution in [1.29, 1.82) is 0 Å². The third-order valence-corrected chi connectivity index (χ3v) is 1.34. The van der Waals surface area contributed by atoms with Crippen LogP contribution in [0.1, 0.15) is 0 Å². The van der Waals surface area contributed by atoms with Gasteiger partial charge in [0.15, 0.2) is 0 Å². The number of rotatable bonds is 5. The second-order valence-electron chi connectivity index (χ2n) is 2.42. The third-order valence-electron chi connectivity index (χ3n) is 1.34. The Morgan fingerprint density at radius 3 is 2.45 bits per heavy atom. The maximum Gasteiger partial charge on any atom is 0.138 e. The summed E-state index contributed by atoms with van der Waals surface area (Å²) in [5.41, 5.74) is 2.56. The van der Waals surface area contributed by atoms with Crippen molar-refractivity contribution in [2.24, 2.45) is 0 Å². The molecule has 3 nitrogen and oxygen atoms in total. The van der Waals surface area contributed by atoms with Crippen molar-refractivity contribution < 1.29 is 4.84 Å². The van der Waals surface area contributed by atoms with Gasteiger partial charge >= 0.3 is 0 Å². The normalized spacial score (nSPS) is 12.7. The molecule has 0 saturated heterocycles. The van der Waals surface area contributed by atoms with Crippen LogP contribution in [0.4, 0.5) is 0 Å². The van der Waals surface area contributed by atoms with Crippen molar-refractivity contribution in [2.75, 3.05) is 21.1 Å². The Balaban J connectivity index is 4.03. The zero-order valence-corrected chi connectivity index (χ0v) is 7.42. The number of hydrogen-bond acceptors (Lipinski definition) is 3. The predicted octanol–water partition coefficient (Wildman–Crippen LogP) is 0.767. The van der Waals surface area contributed by atoms with E-state index in [9.17, 15) is 0 Å². The van der Waals surface area contributed by atoms with Crippen LogP contribution in [0.2, 0.25) is 0 Å². The second-order valence-corrected chi connectivity index (χ2v) is 2.42. The largest absolute Gasteiger partial charge is 0.412 e. The summed E-state index contributed by atoms with van der Waals surface area (Å²) in [6, 6.07) is 0.0578. The summed E-state index contributed by atoms with van der Waals surface area (Å²) in [6.07, 6.45) is 1.78. The number of nitrogens with zero attached hydrogens (tertiary/aromatic N) is 1. The first-order valence-electron chi connectivity index (χ1n) is 3.44. The zero-order valence-electron chi connectivity index (χ0n) is 7.42. The fraction of sp³-hybridized carbons (Fsp3) is 0.500. The van der Waals surface area contributed by atoms with Crippen molar-refractivity contribution in [2.45, 2.75) is 6.04 Å². The quantitative estimate of drug-likeness (QED) is 0.361. The van der Waals surface area contributed by atoms with Gasteiger partial charge in [-0.3, -0.25) is 4.90 Å². The molecule has 0 heterocycles. The summed E-state index contributed by atoms with van der Waals surface area (Å²) < 4.78 is 0. The molecular weight excluding hydrogens is 140 g/mol. The van der Waals surface area contributed by atoms with Crippen molar-refractivity contribution in [3.63, 3.8) is 0 Å². The lowest BCUT2D eigenvalue weighted by Crippen LogP contribution is -2.30. The molecule has 0 aromatic heterocycles. The van der Waals surface area contributed by atoms with Crippen LogP contribution in [0.5, 0.6) is 0 Å². The van der Waals surface area contributed by atoms with E-state index in [1.807, 2.05) is 19.0 Å². The first-order valence-corrected chi connectivity index (χ1v) is 3.44. The van der Waals surface area contributed by atoms with E-state index in [0.29, 0.717) is 5.76 Å². The molecule has 1 atom stereocenters. The minimum atomic E-state index is 0.0578. The molecular formula is C8H16N2O. The highest BCUT2D eigenvalue weighted by molar-refractivity contribution is 5.06. The molecule has 0 aliphatic heterocycles.